The van der Waals surface area contributed by atoms with Gasteiger partial charge in [-0.2, -0.15) is 0 Å². The monoisotopic (exact) mass is 230 g/mol. The first-order valence-electron chi connectivity index (χ1n) is 6.59. The van der Waals surface area contributed by atoms with Gasteiger partial charge in [-0.15, -0.1) is 0 Å². The van der Waals surface area contributed by atoms with Crippen molar-refractivity contribution in [2.75, 3.05) is 0 Å². The molecule has 0 amide bonds. The zero-order valence-electron chi connectivity index (χ0n) is 10.0. The molecule has 0 bridgehead atoms. The van der Waals surface area contributed by atoms with Gasteiger partial charge in [0.1, 0.15) is 11.5 Å². The standard InChI is InChI=1S/C15H18O2/c16-13-5-1-11(2-6-13)12-3-7-14(8-4-12)17-15-9-10-15/h3-4,7-8,11,15H,1-2,5-6,9-10H2. The van der Waals surface area contributed by atoms with E-state index in [1.165, 1.54) is 18.4 Å². The van der Waals surface area contributed by atoms with Crippen LogP contribution in [-0.4, -0.2) is 11.9 Å². The zero-order chi connectivity index (χ0) is 11.7. The van der Waals surface area contributed by atoms with Gasteiger partial charge in [-0.3, -0.25) is 4.79 Å². The lowest BCUT2D eigenvalue weighted by molar-refractivity contribution is -0.120. The molecule has 17 heavy (non-hydrogen) atoms. The molecule has 2 saturated carbocycles. The summed E-state index contributed by atoms with van der Waals surface area (Å²) in [4.78, 5) is 11.2. The smallest absolute Gasteiger partial charge is 0.132 e. The van der Waals surface area contributed by atoms with Crippen molar-refractivity contribution in [1.82, 2.24) is 0 Å². The van der Waals surface area contributed by atoms with Crippen molar-refractivity contribution < 1.29 is 9.53 Å². The number of ketones is 1. The summed E-state index contributed by atoms with van der Waals surface area (Å²) in [7, 11) is 0. The molecule has 0 aromatic heterocycles. The zero-order valence-corrected chi connectivity index (χ0v) is 10.0. The predicted molar refractivity (Wildman–Crippen MR) is 66.3 cm³/mol. The largest absolute Gasteiger partial charge is 0.490 e. The first-order valence-corrected chi connectivity index (χ1v) is 6.59. The van der Waals surface area contributed by atoms with Crippen molar-refractivity contribution in [3.05, 3.63) is 29.8 Å². The Labute approximate surface area is 102 Å². The summed E-state index contributed by atoms with van der Waals surface area (Å²) in [5, 5.41) is 0. The number of benzene rings is 1. The maximum atomic E-state index is 11.2. The highest BCUT2D eigenvalue weighted by Gasteiger charge is 2.24. The number of carbonyl (C=O) groups excluding carboxylic acids is 1. The molecule has 0 atom stereocenters. The van der Waals surface area contributed by atoms with Crippen LogP contribution >= 0.6 is 0 Å². The first kappa shape index (κ1) is 10.8. The molecule has 1 aromatic carbocycles. The normalized spacial score (nSPS) is 21.5. The second kappa shape index (κ2) is 4.52. The van der Waals surface area contributed by atoms with Gasteiger partial charge in [0, 0.05) is 12.8 Å². The van der Waals surface area contributed by atoms with Crippen LogP contribution in [0.5, 0.6) is 5.75 Å². The van der Waals surface area contributed by atoms with Gasteiger partial charge in [-0.05, 0) is 49.3 Å². The summed E-state index contributed by atoms with van der Waals surface area (Å²) >= 11 is 0. The Bertz CT molecular complexity index is 393. The fourth-order valence-electron chi connectivity index (χ4n) is 2.47. The predicted octanol–water partition coefficient (Wildman–Crippen LogP) is 3.45. The Morgan fingerprint density at radius 3 is 2.18 bits per heavy atom. The molecule has 2 nitrogen and oxygen atoms in total. The van der Waals surface area contributed by atoms with Crippen LogP contribution in [-0.2, 0) is 4.79 Å². The molecule has 90 valence electrons. The van der Waals surface area contributed by atoms with Crippen LogP contribution in [0.4, 0.5) is 0 Å². The van der Waals surface area contributed by atoms with E-state index in [0.29, 0.717) is 17.8 Å². The van der Waals surface area contributed by atoms with Crippen molar-refractivity contribution >= 4 is 5.78 Å². The summed E-state index contributed by atoms with van der Waals surface area (Å²) < 4.78 is 5.73. The quantitative estimate of drug-likeness (QED) is 0.795. The average Bonchev–Trinajstić information content (AvgIpc) is 3.15. The SMILES string of the molecule is O=C1CCC(c2ccc(OC3CC3)cc2)CC1. The van der Waals surface area contributed by atoms with Gasteiger partial charge in [-0.1, -0.05) is 12.1 Å². The van der Waals surface area contributed by atoms with Crippen molar-refractivity contribution in [3.63, 3.8) is 0 Å². The van der Waals surface area contributed by atoms with Crippen molar-refractivity contribution in [3.8, 4) is 5.75 Å². The lowest BCUT2D eigenvalue weighted by Gasteiger charge is -2.21. The van der Waals surface area contributed by atoms with E-state index in [2.05, 4.69) is 24.3 Å². The summed E-state index contributed by atoms with van der Waals surface area (Å²) in [6, 6.07) is 8.48. The third-order valence-corrected chi connectivity index (χ3v) is 3.72. The van der Waals surface area contributed by atoms with E-state index in [0.717, 1.165) is 31.4 Å². The second-order valence-electron chi connectivity index (χ2n) is 5.20. The van der Waals surface area contributed by atoms with Crippen LogP contribution in [0.25, 0.3) is 0 Å². The van der Waals surface area contributed by atoms with Crippen molar-refractivity contribution in [2.45, 2.75) is 50.5 Å². The van der Waals surface area contributed by atoms with Gasteiger partial charge in [0.25, 0.3) is 0 Å². The Balaban J connectivity index is 1.64. The summed E-state index contributed by atoms with van der Waals surface area (Å²) in [5.41, 5.74) is 1.36. The minimum absolute atomic E-state index is 0.426. The number of carbonyl (C=O) groups is 1. The minimum atomic E-state index is 0.426. The molecule has 1 aromatic rings. The van der Waals surface area contributed by atoms with Crippen LogP contribution in [0, 0.1) is 0 Å². The van der Waals surface area contributed by atoms with Gasteiger partial charge in [0.2, 0.25) is 0 Å². The van der Waals surface area contributed by atoms with E-state index in [-0.39, 0.29) is 0 Å². The third-order valence-electron chi connectivity index (χ3n) is 3.72. The second-order valence-corrected chi connectivity index (χ2v) is 5.20. The van der Waals surface area contributed by atoms with E-state index in [9.17, 15) is 4.79 Å². The highest BCUT2D eigenvalue weighted by atomic mass is 16.5. The number of hydrogen-bond acceptors (Lipinski definition) is 2. The summed E-state index contributed by atoms with van der Waals surface area (Å²) in [6.45, 7) is 0. The molecule has 0 radical (unpaired) electrons. The van der Waals surface area contributed by atoms with Crippen molar-refractivity contribution in [2.24, 2.45) is 0 Å². The molecule has 2 aliphatic rings. The Morgan fingerprint density at radius 2 is 1.59 bits per heavy atom. The van der Waals surface area contributed by atoms with E-state index in [1.807, 2.05) is 0 Å². The molecule has 2 heteroatoms. The van der Waals surface area contributed by atoms with Gasteiger partial charge in [0.15, 0.2) is 0 Å². The summed E-state index contributed by atoms with van der Waals surface area (Å²) in [5.74, 6) is 1.99. The fraction of sp³-hybridized carbons (Fsp3) is 0.533. The number of rotatable bonds is 3. The first-order chi connectivity index (χ1) is 8.31. The minimum Gasteiger partial charge on any atom is -0.490 e. The van der Waals surface area contributed by atoms with Crippen LogP contribution in [0.3, 0.4) is 0 Å². The summed E-state index contributed by atoms with van der Waals surface area (Å²) in [6.07, 6.45) is 6.41. The maximum Gasteiger partial charge on any atom is 0.132 e. The van der Waals surface area contributed by atoms with Crippen LogP contribution in [0.15, 0.2) is 24.3 Å². The van der Waals surface area contributed by atoms with Gasteiger partial charge < -0.3 is 4.74 Å². The molecular weight excluding hydrogens is 212 g/mol. The Kier molecular flexibility index (Phi) is 2.87. The van der Waals surface area contributed by atoms with E-state index < -0.39 is 0 Å². The number of Topliss-reactive ketones (excluding diaryl/α,β-unsaturated/α-hetero) is 1. The highest BCUT2D eigenvalue weighted by molar-refractivity contribution is 5.79. The molecule has 0 unspecified atom stereocenters. The lowest BCUT2D eigenvalue weighted by atomic mass is 9.83. The third kappa shape index (κ3) is 2.68. The molecule has 2 aliphatic carbocycles. The van der Waals surface area contributed by atoms with Crippen LogP contribution in [0.2, 0.25) is 0 Å². The van der Waals surface area contributed by atoms with E-state index >= 15 is 0 Å². The average molecular weight is 230 g/mol. The van der Waals surface area contributed by atoms with Gasteiger partial charge >= 0.3 is 0 Å². The molecule has 0 heterocycles. The van der Waals surface area contributed by atoms with E-state index in [1.54, 1.807) is 0 Å². The lowest BCUT2D eigenvalue weighted by Crippen LogP contribution is -2.12. The van der Waals surface area contributed by atoms with E-state index in [4.69, 9.17) is 4.74 Å². The molecule has 0 aliphatic heterocycles. The van der Waals surface area contributed by atoms with Crippen LogP contribution in [0.1, 0.15) is 50.0 Å². The number of ether oxygens (including phenoxy) is 1. The topological polar surface area (TPSA) is 26.3 Å². The molecule has 3 rings (SSSR count). The molecule has 0 saturated heterocycles. The number of hydrogen-bond donors (Lipinski definition) is 0. The Morgan fingerprint density at radius 1 is 0.941 bits per heavy atom. The van der Waals surface area contributed by atoms with Gasteiger partial charge in [-0.25, -0.2) is 0 Å². The van der Waals surface area contributed by atoms with Crippen LogP contribution < -0.4 is 4.74 Å². The molecule has 0 spiro atoms. The Hall–Kier alpha value is -1.31. The van der Waals surface area contributed by atoms with Gasteiger partial charge in [0.05, 0.1) is 6.10 Å². The highest BCUT2D eigenvalue weighted by Crippen LogP contribution is 2.33. The fourth-order valence-corrected chi connectivity index (χ4v) is 2.47. The molecular formula is C15H18O2. The van der Waals surface area contributed by atoms with Crippen molar-refractivity contribution in [1.29, 1.82) is 0 Å². The molecule has 2 fully saturated rings. The molecule has 0 N–H and O–H groups in total. The maximum absolute atomic E-state index is 11.2.